The van der Waals surface area contributed by atoms with E-state index in [1.807, 2.05) is 48.5 Å². The van der Waals surface area contributed by atoms with Gasteiger partial charge in [0.2, 0.25) is 0 Å². The van der Waals surface area contributed by atoms with Crippen molar-refractivity contribution in [3.8, 4) is 0 Å². The molecule has 126 valence electrons. The number of benzene rings is 2. The SMILES string of the molecule is NC(=O)N(C(=O)OCc1ccccc1)[C@@H](CO)Cc1ccccc1. The van der Waals surface area contributed by atoms with Gasteiger partial charge in [0, 0.05) is 0 Å². The van der Waals surface area contributed by atoms with E-state index in [0.717, 1.165) is 16.0 Å². The summed E-state index contributed by atoms with van der Waals surface area (Å²) < 4.78 is 5.15. The number of aliphatic hydroxyl groups excluding tert-OH is 1. The van der Waals surface area contributed by atoms with Gasteiger partial charge in [-0.15, -0.1) is 0 Å². The minimum atomic E-state index is -0.956. The highest BCUT2D eigenvalue weighted by atomic mass is 16.6. The van der Waals surface area contributed by atoms with Crippen molar-refractivity contribution < 1.29 is 19.4 Å². The third-order valence-electron chi connectivity index (χ3n) is 3.53. The Kier molecular flexibility index (Phi) is 6.33. The summed E-state index contributed by atoms with van der Waals surface area (Å²) in [6.45, 7) is -0.384. The minimum absolute atomic E-state index is 0.0208. The maximum absolute atomic E-state index is 12.2. The monoisotopic (exact) mass is 328 g/mol. The molecule has 0 aliphatic heterocycles. The number of primary amides is 1. The molecule has 0 saturated heterocycles. The Morgan fingerprint density at radius 1 is 1.00 bits per heavy atom. The molecule has 2 aromatic rings. The van der Waals surface area contributed by atoms with Gasteiger partial charge in [0.05, 0.1) is 12.6 Å². The highest BCUT2D eigenvalue weighted by Gasteiger charge is 2.29. The second kappa shape index (κ2) is 8.69. The molecule has 0 fully saturated rings. The van der Waals surface area contributed by atoms with E-state index in [4.69, 9.17) is 10.5 Å². The number of nitrogens with zero attached hydrogens (tertiary/aromatic N) is 1. The zero-order valence-electron chi connectivity index (χ0n) is 13.2. The lowest BCUT2D eigenvalue weighted by atomic mass is 10.1. The van der Waals surface area contributed by atoms with Crippen LogP contribution in [0.3, 0.4) is 0 Å². The number of hydrogen-bond acceptors (Lipinski definition) is 4. The average molecular weight is 328 g/mol. The maximum atomic E-state index is 12.2. The molecule has 6 heteroatoms. The number of carbonyl (C=O) groups is 2. The molecular formula is C18H20N2O4. The Morgan fingerprint density at radius 3 is 2.04 bits per heavy atom. The van der Waals surface area contributed by atoms with Crippen LogP contribution in [0.15, 0.2) is 60.7 Å². The Morgan fingerprint density at radius 2 is 1.54 bits per heavy atom. The van der Waals surface area contributed by atoms with Gasteiger partial charge in [-0.05, 0) is 17.5 Å². The van der Waals surface area contributed by atoms with Crippen molar-refractivity contribution in [2.24, 2.45) is 5.73 Å². The molecule has 1 atom stereocenters. The topological polar surface area (TPSA) is 92.9 Å². The summed E-state index contributed by atoms with van der Waals surface area (Å²) in [6, 6.07) is 16.6. The maximum Gasteiger partial charge on any atom is 0.418 e. The normalized spacial score (nSPS) is 11.5. The summed E-state index contributed by atoms with van der Waals surface area (Å²) in [4.78, 5) is 24.7. The Bertz CT molecular complexity index is 661. The van der Waals surface area contributed by atoms with E-state index in [1.165, 1.54) is 0 Å². The van der Waals surface area contributed by atoms with Crippen LogP contribution in [0.4, 0.5) is 9.59 Å². The number of rotatable bonds is 6. The fourth-order valence-corrected chi connectivity index (χ4v) is 2.33. The van der Waals surface area contributed by atoms with Crippen molar-refractivity contribution >= 4 is 12.1 Å². The predicted molar refractivity (Wildman–Crippen MR) is 89.1 cm³/mol. The van der Waals surface area contributed by atoms with Crippen LogP contribution in [-0.2, 0) is 17.8 Å². The molecule has 2 aromatic carbocycles. The number of aliphatic hydroxyl groups is 1. The van der Waals surface area contributed by atoms with Gasteiger partial charge in [-0.25, -0.2) is 14.5 Å². The molecule has 0 aliphatic carbocycles. The molecule has 0 spiro atoms. The van der Waals surface area contributed by atoms with Crippen LogP contribution in [-0.4, -0.2) is 34.8 Å². The van der Waals surface area contributed by atoms with Gasteiger partial charge in [0.25, 0.3) is 0 Å². The van der Waals surface area contributed by atoms with E-state index in [-0.39, 0.29) is 6.61 Å². The average Bonchev–Trinajstić information content (AvgIpc) is 2.61. The molecule has 0 saturated carbocycles. The fourth-order valence-electron chi connectivity index (χ4n) is 2.33. The number of carbonyl (C=O) groups excluding carboxylic acids is 2. The van der Waals surface area contributed by atoms with Crippen LogP contribution in [0, 0.1) is 0 Å². The van der Waals surface area contributed by atoms with Crippen molar-refractivity contribution in [3.63, 3.8) is 0 Å². The third-order valence-corrected chi connectivity index (χ3v) is 3.53. The first-order valence-corrected chi connectivity index (χ1v) is 7.56. The zero-order chi connectivity index (χ0) is 17.4. The van der Waals surface area contributed by atoms with Crippen molar-refractivity contribution in [1.82, 2.24) is 4.90 Å². The van der Waals surface area contributed by atoms with Crippen LogP contribution < -0.4 is 5.73 Å². The number of urea groups is 1. The zero-order valence-corrected chi connectivity index (χ0v) is 13.2. The highest BCUT2D eigenvalue weighted by molar-refractivity contribution is 5.90. The Balaban J connectivity index is 2.05. The van der Waals surface area contributed by atoms with Crippen molar-refractivity contribution in [2.45, 2.75) is 19.1 Å². The lowest BCUT2D eigenvalue weighted by Gasteiger charge is -2.26. The third kappa shape index (κ3) is 4.82. The molecule has 3 N–H and O–H groups in total. The van der Waals surface area contributed by atoms with Crippen LogP contribution in [0.25, 0.3) is 0 Å². The largest absolute Gasteiger partial charge is 0.444 e. The van der Waals surface area contributed by atoms with E-state index >= 15 is 0 Å². The molecule has 0 radical (unpaired) electrons. The second-order valence-corrected chi connectivity index (χ2v) is 5.27. The molecule has 2 rings (SSSR count). The molecule has 0 aliphatic rings. The lowest BCUT2D eigenvalue weighted by molar-refractivity contribution is 0.0797. The van der Waals surface area contributed by atoms with Gasteiger partial charge in [-0.1, -0.05) is 60.7 Å². The van der Waals surface area contributed by atoms with Crippen LogP contribution in [0.2, 0.25) is 0 Å². The molecule has 6 nitrogen and oxygen atoms in total. The van der Waals surface area contributed by atoms with E-state index in [0.29, 0.717) is 6.42 Å². The van der Waals surface area contributed by atoms with Gasteiger partial charge in [0.1, 0.15) is 6.61 Å². The van der Waals surface area contributed by atoms with Gasteiger partial charge < -0.3 is 15.6 Å². The number of amides is 3. The number of imide groups is 1. The summed E-state index contributed by atoms with van der Waals surface area (Å²) in [5.41, 5.74) is 6.98. The van der Waals surface area contributed by atoms with Gasteiger partial charge in [0.15, 0.2) is 0 Å². The van der Waals surface area contributed by atoms with E-state index < -0.39 is 24.8 Å². The summed E-state index contributed by atoms with van der Waals surface area (Å²) in [6.07, 6.45) is -0.581. The summed E-state index contributed by atoms with van der Waals surface area (Å²) in [5, 5.41) is 9.58. The van der Waals surface area contributed by atoms with E-state index in [2.05, 4.69) is 0 Å². The van der Waals surface area contributed by atoms with Gasteiger partial charge in [-0.2, -0.15) is 0 Å². The molecule has 0 unspecified atom stereocenters. The standard InChI is InChI=1S/C18H20N2O4/c19-17(22)20(16(12-21)11-14-7-3-1-4-8-14)18(23)24-13-15-9-5-2-6-10-15/h1-10,16,21H,11-13H2,(H2,19,22)/t16-/m1/s1. The van der Waals surface area contributed by atoms with E-state index in [9.17, 15) is 14.7 Å². The highest BCUT2D eigenvalue weighted by Crippen LogP contribution is 2.12. The van der Waals surface area contributed by atoms with Crippen LogP contribution in [0.1, 0.15) is 11.1 Å². The molecule has 0 heterocycles. The van der Waals surface area contributed by atoms with Gasteiger partial charge >= 0.3 is 12.1 Å². The first-order valence-electron chi connectivity index (χ1n) is 7.56. The summed E-state index contributed by atoms with van der Waals surface area (Å²) in [5.74, 6) is 0. The first-order chi connectivity index (χ1) is 11.6. The van der Waals surface area contributed by atoms with Crippen LogP contribution in [0.5, 0.6) is 0 Å². The molecular weight excluding hydrogens is 308 g/mol. The molecule has 3 amide bonds. The Labute approximate surface area is 140 Å². The number of ether oxygens (including phenoxy) is 1. The minimum Gasteiger partial charge on any atom is -0.444 e. The number of nitrogens with two attached hydrogens (primary N) is 1. The molecule has 0 bridgehead atoms. The molecule has 24 heavy (non-hydrogen) atoms. The van der Waals surface area contributed by atoms with Gasteiger partial charge in [-0.3, -0.25) is 0 Å². The van der Waals surface area contributed by atoms with Crippen molar-refractivity contribution in [3.05, 3.63) is 71.8 Å². The van der Waals surface area contributed by atoms with E-state index in [1.54, 1.807) is 12.1 Å². The lowest BCUT2D eigenvalue weighted by Crippen LogP contribution is -2.50. The van der Waals surface area contributed by atoms with Crippen LogP contribution >= 0.6 is 0 Å². The second-order valence-electron chi connectivity index (χ2n) is 5.27. The summed E-state index contributed by atoms with van der Waals surface area (Å²) in [7, 11) is 0. The Hall–Kier alpha value is -2.86. The predicted octanol–water partition coefficient (Wildman–Crippen LogP) is 2.31. The van der Waals surface area contributed by atoms with Crippen molar-refractivity contribution in [1.29, 1.82) is 0 Å². The molecule has 0 aromatic heterocycles. The fraction of sp³-hybridized carbons (Fsp3) is 0.222. The van der Waals surface area contributed by atoms with Crippen molar-refractivity contribution in [2.75, 3.05) is 6.61 Å². The first kappa shape index (κ1) is 17.5. The smallest absolute Gasteiger partial charge is 0.418 e. The quantitative estimate of drug-likeness (QED) is 0.851. The summed E-state index contributed by atoms with van der Waals surface area (Å²) >= 11 is 0. The number of hydrogen-bond donors (Lipinski definition) is 2.